The molecule has 0 radical (unpaired) electrons. The molecule has 0 saturated heterocycles. The standard InChI is InChI=1S/C11H17NO/c13-9-12-10-5-4-8-11(10)6-2-1-3-7-11/h10H,1-8H2. The van der Waals surface area contributed by atoms with Gasteiger partial charge in [0.2, 0.25) is 6.08 Å². The zero-order valence-electron chi connectivity index (χ0n) is 8.09. The molecule has 2 aliphatic rings. The maximum absolute atomic E-state index is 10.3. The monoisotopic (exact) mass is 179 g/mol. The molecule has 2 saturated carbocycles. The molecule has 0 heterocycles. The van der Waals surface area contributed by atoms with Crippen molar-refractivity contribution in [2.24, 2.45) is 10.4 Å². The SMILES string of the molecule is O=C=NC1CCCC12CCCCC2. The van der Waals surface area contributed by atoms with Crippen molar-refractivity contribution in [3.63, 3.8) is 0 Å². The Morgan fingerprint density at radius 1 is 1.08 bits per heavy atom. The van der Waals surface area contributed by atoms with Crippen LogP contribution in [0.2, 0.25) is 0 Å². The summed E-state index contributed by atoms with van der Waals surface area (Å²) in [5, 5.41) is 0. The number of nitrogens with zero attached hydrogens (tertiary/aromatic N) is 1. The first-order chi connectivity index (χ1) is 6.37. The Labute approximate surface area is 79.4 Å². The minimum absolute atomic E-state index is 0.310. The van der Waals surface area contributed by atoms with Gasteiger partial charge in [0.25, 0.3) is 0 Å². The van der Waals surface area contributed by atoms with Crippen molar-refractivity contribution in [3.8, 4) is 0 Å². The summed E-state index contributed by atoms with van der Waals surface area (Å²) in [6.45, 7) is 0. The fourth-order valence-electron chi connectivity index (χ4n) is 3.22. The molecule has 2 nitrogen and oxygen atoms in total. The summed E-state index contributed by atoms with van der Waals surface area (Å²) in [6.07, 6.45) is 12.1. The van der Waals surface area contributed by atoms with Crippen LogP contribution in [0.25, 0.3) is 0 Å². The molecule has 13 heavy (non-hydrogen) atoms. The lowest BCUT2D eigenvalue weighted by Crippen LogP contribution is -2.30. The molecule has 72 valence electrons. The number of hydrogen-bond acceptors (Lipinski definition) is 2. The average Bonchev–Trinajstić information content (AvgIpc) is 2.52. The van der Waals surface area contributed by atoms with Crippen molar-refractivity contribution in [3.05, 3.63) is 0 Å². The Balaban J connectivity index is 2.13. The number of rotatable bonds is 1. The van der Waals surface area contributed by atoms with Gasteiger partial charge in [-0.05, 0) is 31.1 Å². The molecule has 0 aromatic carbocycles. The Morgan fingerprint density at radius 3 is 2.46 bits per heavy atom. The molecule has 0 N–H and O–H groups in total. The van der Waals surface area contributed by atoms with Crippen LogP contribution >= 0.6 is 0 Å². The Morgan fingerprint density at radius 2 is 1.77 bits per heavy atom. The highest BCUT2D eigenvalue weighted by atomic mass is 16.1. The number of carbonyl (C=O) groups excluding carboxylic acids is 1. The van der Waals surface area contributed by atoms with Gasteiger partial charge in [-0.25, -0.2) is 9.79 Å². The van der Waals surface area contributed by atoms with Gasteiger partial charge in [0.1, 0.15) is 0 Å². The molecule has 0 amide bonds. The van der Waals surface area contributed by atoms with Crippen LogP contribution in [0.1, 0.15) is 51.4 Å². The van der Waals surface area contributed by atoms with E-state index >= 15 is 0 Å². The molecule has 0 aliphatic heterocycles. The van der Waals surface area contributed by atoms with E-state index in [4.69, 9.17) is 0 Å². The first-order valence-corrected chi connectivity index (χ1v) is 5.44. The molecule has 1 spiro atoms. The van der Waals surface area contributed by atoms with Crippen molar-refractivity contribution in [1.82, 2.24) is 0 Å². The number of isocyanates is 1. The molecule has 2 rings (SSSR count). The van der Waals surface area contributed by atoms with Crippen LogP contribution in [0.15, 0.2) is 4.99 Å². The van der Waals surface area contributed by atoms with Crippen molar-refractivity contribution >= 4 is 6.08 Å². The number of hydrogen-bond donors (Lipinski definition) is 0. The number of aliphatic imine (C=N–C) groups is 1. The maximum atomic E-state index is 10.3. The van der Waals surface area contributed by atoms with Crippen LogP contribution < -0.4 is 0 Å². The Bertz CT molecular complexity index is 224. The maximum Gasteiger partial charge on any atom is 0.235 e. The largest absolute Gasteiger partial charge is 0.235 e. The molecule has 0 bridgehead atoms. The lowest BCUT2D eigenvalue weighted by atomic mass is 9.70. The highest BCUT2D eigenvalue weighted by Crippen LogP contribution is 2.50. The second kappa shape index (κ2) is 3.63. The molecule has 1 atom stereocenters. The van der Waals surface area contributed by atoms with Crippen LogP contribution in [0.3, 0.4) is 0 Å². The first kappa shape index (κ1) is 8.96. The summed E-state index contributed by atoms with van der Waals surface area (Å²) in [5.74, 6) is 0. The van der Waals surface area contributed by atoms with Gasteiger partial charge in [-0.2, -0.15) is 0 Å². The molecular weight excluding hydrogens is 162 g/mol. The van der Waals surface area contributed by atoms with E-state index in [0.29, 0.717) is 11.5 Å². The highest BCUT2D eigenvalue weighted by Gasteiger charge is 2.43. The molecule has 2 aliphatic carbocycles. The van der Waals surface area contributed by atoms with Crippen LogP contribution in [0, 0.1) is 5.41 Å². The summed E-state index contributed by atoms with van der Waals surface area (Å²) in [5.41, 5.74) is 0.412. The second-order valence-electron chi connectivity index (χ2n) is 4.55. The first-order valence-electron chi connectivity index (χ1n) is 5.44. The van der Waals surface area contributed by atoms with Crippen LogP contribution in [0.5, 0.6) is 0 Å². The zero-order chi connectivity index (χ0) is 9.15. The minimum atomic E-state index is 0.310. The second-order valence-corrected chi connectivity index (χ2v) is 4.55. The van der Waals surface area contributed by atoms with E-state index in [1.54, 1.807) is 6.08 Å². The van der Waals surface area contributed by atoms with E-state index < -0.39 is 0 Å². The van der Waals surface area contributed by atoms with Crippen LogP contribution in [0.4, 0.5) is 0 Å². The van der Waals surface area contributed by atoms with Gasteiger partial charge in [0.05, 0.1) is 6.04 Å². The van der Waals surface area contributed by atoms with Gasteiger partial charge >= 0.3 is 0 Å². The van der Waals surface area contributed by atoms with Crippen molar-refractivity contribution in [2.75, 3.05) is 0 Å². The summed E-state index contributed by atoms with van der Waals surface area (Å²) < 4.78 is 0. The van der Waals surface area contributed by atoms with Gasteiger partial charge in [-0.3, -0.25) is 0 Å². The quantitative estimate of drug-likeness (QED) is 0.449. The van der Waals surface area contributed by atoms with E-state index in [0.717, 1.165) is 6.42 Å². The van der Waals surface area contributed by atoms with Gasteiger partial charge < -0.3 is 0 Å². The molecule has 0 aromatic heterocycles. The molecule has 1 unspecified atom stereocenters. The molecule has 2 fully saturated rings. The summed E-state index contributed by atoms with van der Waals surface area (Å²) in [7, 11) is 0. The van der Waals surface area contributed by atoms with Crippen LogP contribution in [-0.4, -0.2) is 12.1 Å². The Hall–Kier alpha value is -0.620. The van der Waals surface area contributed by atoms with E-state index in [9.17, 15) is 4.79 Å². The summed E-state index contributed by atoms with van der Waals surface area (Å²) in [6, 6.07) is 0.310. The van der Waals surface area contributed by atoms with Crippen molar-refractivity contribution in [2.45, 2.75) is 57.4 Å². The predicted molar refractivity (Wildman–Crippen MR) is 51.3 cm³/mol. The van der Waals surface area contributed by atoms with Crippen molar-refractivity contribution in [1.29, 1.82) is 0 Å². The van der Waals surface area contributed by atoms with E-state index in [1.165, 1.54) is 44.9 Å². The zero-order valence-corrected chi connectivity index (χ0v) is 8.09. The molecular formula is C11H17NO. The summed E-state index contributed by atoms with van der Waals surface area (Å²) in [4.78, 5) is 14.3. The van der Waals surface area contributed by atoms with Gasteiger partial charge in [0, 0.05) is 0 Å². The fourth-order valence-corrected chi connectivity index (χ4v) is 3.22. The van der Waals surface area contributed by atoms with E-state index in [-0.39, 0.29) is 0 Å². The molecule has 2 heteroatoms. The lowest BCUT2D eigenvalue weighted by Gasteiger charge is -2.36. The van der Waals surface area contributed by atoms with Crippen LogP contribution in [-0.2, 0) is 4.79 Å². The summed E-state index contributed by atoms with van der Waals surface area (Å²) >= 11 is 0. The highest BCUT2D eigenvalue weighted by molar-refractivity contribution is 5.34. The fraction of sp³-hybridized carbons (Fsp3) is 0.909. The molecule has 0 aromatic rings. The van der Waals surface area contributed by atoms with Gasteiger partial charge in [0.15, 0.2) is 0 Å². The third-order valence-corrected chi connectivity index (χ3v) is 3.92. The lowest BCUT2D eigenvalue weighted by molar-refractivity contribution is 0.173. The average molecular weight is 179 g/mol. The van der Waals surface area contributed by atoms with Gasteiger partial charge in [-0.15, -0.1) is 0 Å². The van der Waals surface area contributed by atoms with E-state index in [2.05, 4.69) is 4.99 Å². The third-order valence-electron chi connectivity index (χ3n) is 3.92. The van der Waals surface area contributed by atoms with E-state index in [1.807, 2.05) is 0 Å². The van der Waals surface area contributed by atoms with Gasteiger partial charge in [-0.1, -0.05) is 25.7 Å². The minimum Gasteiger partial charge on any atom is -0.211 e. The topological polar surface area (TPSA) is 29.4 Å². The normalized spacial score (nSPS) is 31.5. The van der Waals surface area contributed by atoms with Crippen molar-refractivity contribution < 1.29 is 4.79 Å². The Kier molecular flexibility index (Phi) is 2.50. The third kappa shape index (κ3) is 1.55. The smallest absolute Gasteiger partial charge is 0.211 e. The predicted octanol–water partition coefficient (Wildman–Crippen LogP) is 2.83.